The smallest absolute Gasteiger partial charge is 0.268 e. The molecule has 3 aromatic rings. The van der Waals surface area contributed by atoms with Crippen molar-refractivity contribution in [2.75, 3.05) is 5.32 Å². The molecule has 0 fully saturated rings. The fourth-order valence-electron chi connectivity index (χ4n) is 3.00. The molecule has 0 unspecified atom stereocenters. The number of nitrogens with one attached hydrogen (secondary N) is 1. The Morgan fingerprint density at radius 1 is 1.26 bits per heavy atom. The van der Waals surface area contributed by atoms with Gasteiger partial charge in [-0.05, 0) is 57.0 Å². The highest BCUT2D eigenvalue weighted by Gasteiger charge is 2.15. The molecule has 2 aromatic heterocycles. The van der Waals surface area contributed by atoms with Gasteiger partial charge in [0.1, 0.15) is 11.6 Å². The molecule has 27 heavy (non-hydrogen) atoms. The fourth-order valence-corrected chi connectivity index (χ4v) is 3.68. The molecule has 136 valence electrons. The van der Waals surface area contributed by atoms with Crippen molar-refractivity contribution < 1.29 is 4.79 Å². The van der Waals surface area contributed by atoms with Crippen molar-refractivity contribution >= 4 is 28.5 Å². The third kappa shape index (κ3) is 3.83. The molecule has 2 heterocycles. The summed E-state index contributed by atoms with van der Waals surface area (Å²) in [6.07, 6.45) is 1.63. The van der Waals surface area contributed by atoms with Gasteiger partial charge < -0.3 is 4.57 Å². The summed E-state index contributed by atoms with van der Waals surface area (Å²) in [5.41, 5.74) is 6.00. The monoisotopic (exact) mass is 376 g/mol. The average Bonchev–Trinajstić information content (AvgIpc) is 3.16. The summed E-state index contributed by atoms with van der Waals surface area (Å²) in [6.45, 7) is 7.92. The van der Waals surface area contributed by atoms with Crippen molar-refractivity contribution in [3.05, 3.63) is 69.5 Å². The lowest BCUT2D eigenvalue weighted by Crippen LogP contribution is -2.13. The number of hydrogen-bond acceptors (Lipinski definition) is 4. The highest BCUT2D eigenvalue weighted by atomic mass is 32.1. The van der Waals surface area contributed by atoms with Gasteiger partial charge in [-0.1, -0.05) is 18.2 Å². The van der Waals surface area contributed by atoms with E-state index in [2.05, 4.69) is 33.9 Å². The molecular formula is C21H20N4OS. The zero-order valence-corrected chi connectivity index (χ0v) is 16.5. The van der Waals surface area contributed by atoms with Crippen LogP contribution in [0.3, 0.4) is 0 Å². The van der Waals surface area contributed by atoms with Gasteiger partial charge in [0.15, 0.2) is 5.13 Å². The fraction of sp³-hybridized carbons (Fsp3) is 0.190. The van der Waals surface area contributed by atoms with E-state index in [0.29, 0.717) is 5.13 Å². The van der Waals surface area contributed by atoms with Gasteiger partial charge in [-0.15, -0.1) is 11.3 Å². The maximum absolute atomic E-state index is 12.4. The van der Waals surface area contributed by atoms with E-state index in [-0.39, 0.29) is 5.57 Å². The molecule has 0 aliphatic rings. The molecule has 0 saturated carbocycles. The number of nitrogens with zero attached hydrogens (tertiary/aromatic N) is 3. The Morgan fingerprint density at radius 3 is 2.63 bits per heavy atom. The lowest BCUT2D eigenvalue weighted by molar-refractivity contribution is -0.112. The SMILES string of the molecule is Cc1csc(NC(=O)/C(C#N)=C\c2cc(C)n(-c3ccccc3C)c2C)n1. The average molecular weight is 376 g/mol. The quantitative estimate of drug-likeness (QED) is 0.529. The zero-order chi connectivity index (χ0) is 19.6. The number of aromatic nitrogens is 2. The summed E-state index contributed by atoms with van der Waals surface area (Å²) in [5.74, 6) is -0.451. The summed E-state index contributed by atoms with van der Waals surface area (Å²) in [5, 5.41) is 14.5. The summed E-state index contributed by atoms with van der Waals surface area (Å²) in [7, 11) is 0. The lowest BCUT2D eigenvalue weighted by atomic mass is 10.1. The molecule has 3 rings (SSSR count). The van der Waals surface area contributed by atoms with E-state index < -0.39 is 5.91 Å². The molecule has 0 radical (unpaired) electrons. The minimum absolute atomic E-state index is 0.0490. The van der Waals surface area contributed by atoms with E-state index in [9.17, 15) is 10.1 Å². The summed E-state index contributed by atoms with van der Waals surface area (Å²) in [4.78, 5) is 16.6. The molecule has 0 atom stereocenters. The second-order valence-electron chi connectivity index (χ2n) is 6.37. The first-order valence-electron chi connectivity index (χ1n) is 8.51. The van der Waals surface area contributed by atoms with Crippen molar-refractivity contribution in [1.82, 2.24) is 9.55 Å². The number of para-hydroxylation sites is 1. The third-order valence-electron chi connectivity index (χ3n) is 4.33. The summed E-state index contributed by atoms with van der Waals surface area (Å²) < 4.78 is 2.14. The number of nitriles is 1. The van der Waals surface area contributed by atoms with E-state index in [0.717, 1.165) is 33.9 Å². The van der Waals surface area contributed by atoms with Crippen LogP contribution in [0.4, 0.5) is 5.13 Å². The standard InChI is InChI=1S/C21H20N4OS/c1-13-7-5-6-8-19(13)25-15(3)9-17(16(25)4)10-18(11-22)20(26)24-21-23-14(2)12-27-21/h5-10,12H,1-4H3,(H,23,24,26)/b18-10-. The van der Waals surface area contributed by atoms with Crippen molar-refractivity contribution in [2.45, 2.75) is 27.7 Å². The summed E-state index contributed by atoms with van der Waals surface area (Å²) >= 11 is 1.34. The molecule has 5 nitrogen and oxygen atoms in total. The number of carbonyl (C=O) groups excluding carboxylic acids is 1. The van der Waals surface area contributed by atoms with E-state index in [1.54, 1.807) is 6.08 Å². The van der Waals surface area contributed by atoms with Crippen LogP contribution in [0.15, 0.2) is 41.3 Å². The Balaban J connectivity index is 1.96. The summed E-state index contributed by atoms with van der Waals surface area (Å²) in [6, 6.07) is 12.1. The number of thiazole rings is 1. The van der Waals surface area contributed by atoms with Crippen LogP contribution in [-0.4, -0.2) is 15.5 Å². The first-order valence-corrected chi connectivity index (χ1v) is 9.39. The van der Waals surface area contributed by atoms with Crippen LogP contribution in [-0.2, 0) is 4.79 Å². The Labute approximate surface area is 162 Å². The van der Waals surface area contributed by atoms with Gasteiger partial charge in [0, 0.05) is 22.5 Å². The van der Waals surface area contributed by atoms with Crippen LogP contribution < -0.4 is 5.32 Å². The van der Waals surface area contributed by atoms with Gasteiger partial charge >= 0.3 is 0 Å². The Kier molecular flexibility index (Phi) is 5.24. The molecule has 0 aliphatic heterocycles. The highest BCUT2D eigenvalue weighted by Crippen LogP contribution is 2.25. The number of carbonyl (C=O) groups is 1. The van der Waals surface area contributed by atoms with Gasteiger partial charge in [0.05, 0.1) is 5.69 Å². The van der Waals surface area contributed by atoms with Gasteiger partial charge in [-0.2, -0.15) is 5.26 Å². The van der Waals surface area contributed by atoms with Crippen molar-refractivity contribution in [2.24, 2.45) is 0 Å². The molecule has 0 spiro atoms. The van der Waals surface area contributed by atoms with Gasteiger partial charge in [-0.25, -0.2) is 4.98 Å². The Bertz CT molecular complexity index is 1080. The van der Waals surface area contributed by atoms with Crippen molar-refractivity contribution in [3.63, 3.8) is 0 Å². The van der Waals surface area contributed by atoms with Crippen LogP contribution >= 0.6 is 11.3 Å². The third-order valence-corrected chi connectivity index (χ3v) is 5.21. The minimum atomic E-state index is -0.451. The number of rotatable bonds is 4. The number of benzene rings is 1. The second-order valence-corrected chi connectivity index (χ2v) is 7.22. The number of hydrogen-bond donors (Lipinski definition) is 1. The molecule has 6 heteroatoms. The number of aryl methyl sites for hydroxylation is 3. The lowest BCUT2D eigenvalue weighted by Gasteiger charge is -2.12. The topological polar surface area (TPSA) is 70.7 Å². The van der Waals surface area contributed by atoms with Crippen LogP contribution in [0.5, 0.6) is 0 Å². The Morgan fingerprint density at radius 2 is 2.00 bits per heavy atom. The molecule has 1 N–H and O–H groups in total. The van der Waals surface area contributed by atoms with Gasteiger partial charge in [0.25, 0.3) is 5.91 Å². The molecular weight excluding hydrogens is 356 g/mol. The predicted octanol–water partition coefficient (Wildman–Crippen LogP) is 4.71. The largest absolute Gasteiger partial charge is 0.318 e. The predicted molar refractivity (Wildman–Crippen MR) is 109 cm³/mol. The van der Waals surface area contributed by atoms with E-state index in [4.69, 9.17) is 0 Å². The van der Waals surface area contributed by atoms with E-state index >= 15 is 0 Å². The van der Waals surface area contributed by atoms with Crippen molar-refractivity contribution in [3.8, 4) is 11.8 Å². The second kappa shape index (κ2) is 7.60. The molecule has 1 amide bonds. The normalized spacial score (nSPS) is 11.3. The maximum atomic E-state index is 12.4. The van der Waals surface area contributed by atoms with Crippen LogP contribution in [0.25, 0.3) is 11.8 Å². The van der Waals surface area contributed by atoms with E-state index in [1.165, 1.54) is 11.3 Å². The van der Waals surface area contributed by atoms with Gasteiger partial charge in [-0.3, -0.25) is 10.1 Å². The number of anilines is 1. The van der Waals surface area contributed by atoms with Crippen LogP contribution in [0.2, 0.25) is 0 Å². The molecule has 1 aromatic carbocycles. The minimum Gasteiger partial charge on any atom is -0.318 e. The first-order chi connectivity index (χ1) is 12.9. The molecule has 0 bridgehead atoms. The van der Waals surface area contributed by atoms with Crippen LogP contribution in [0.1, 0.15) is 28.2 Å². The molecule has 0 aliphatic carbocycles. The zero-order valence-electron chi connectivity index (χ0n) is 15.7. The first kappa shape index (κ1) is 18.6. The van der Waals surface area contributed by atoms with E-state index in [1.807, 2.05) is 50.4 Å². The molecule has 0 saturated heterocycles. The Hall–Kier alpha value is -3.17. The van der Waals surface area contributed by atoms with Gasteiger partial charge in [0.2, 0.25) is 0 Å². The van der Waals surface area contributed by atoms with Crippen LogP contribution in [0, 0.1) is 39.0 Å². The maximum Gasteiger partial charge on any atom is 0.268 e. The van der Waals surface area contributed by atoms with Crippen molar-refractivity contribution in [1.29, 1.82) is 5.26 Å². The highest BCUT2D eigenvalue weighted by molar-refractivity contribution is 7.13. The number of amides is 1.